The van der Waals surface area contributed by atoms with E-state index in [1.807, 2.05) is 18.2 Å². The Kier molecular flexibility index (Phi) is 5.31. The molecule has 1 aromatic carbocycles. The largest absolute Gasteiger partial charge is 0.377 e. The smallest absolute Gasteiger partial charge is 0.0700 e. The SMILES string of the molecule is CCC(NCC1CCCO1)c1ccc(Cl)c(Cl)c1. The van der Waals surface area contributed by atoms with Gasteiger partial charge in [-0.05, 0) is 37.0 Å². The molecule has 2 rings (SSSR count). The van der Waals surface area contributed by atoms with Crippen LogP contribution in [-0.2, 0) is 4.74 Å². The van der Waals surface area contributed by atoms with Crippen molar-refractivity contribution < 1.29 is 4.74 Å². The van der Waals surface area contributed by atoms with Crippen molar-refractivity contribution >= 4 is 23.2 Å². The van der Waals surface area contributed by atoms with Crippen LogP contribution < -0.4 is 5.32 Å². The Bertz CT molecular complexity index is 391. The summed E-state index contributed by atoms with van der Waals surface area (Å²) in [4.78, 5) is 0. The van der Waals surface area contributed by atoms with E-state index in [4.69, 9.17) is 27.9 Å². The Balaban J connectivity index is 1.96. The van der Waals surface area contributed by atoms with Gasteiger partial charge in [0.1, 0.15) is 0 Å². The first-order valence-corrected chi connectivity index (χ1v) is 7.26. The number of benzene rings is 1. The van der Waals surface area contributed by atoms with Gasteiger partial charge < -0.3 is 10.1 Å². The van der Waals surface area contributed by atoms with Crippen molar-refractivity contribution in [3.05, 3.63) is 33.8 Å². The van der Waals surface area contributed by atoms with Crippen molar-refractivity contribution in [3.63, 3.8) is 0 Å². The first-order valence-electron chi connectivity index (χ1n) is 6.50. The predicted octanol–water partition coefficient (Wildman–Crippen LogP) is 4.21. The molecule has 1 saturated heterocycles. The second-order valence-electron chi connectivity index (χ2n) is 4.68. The number of halogens is 2. The normalized spacial score (nSPS) is 21.2. The van der Waals surface area contributed by atoms with E-state index < -0.39 is 0 Å². The summed E-state index contributed by atoms with van der Waals surface area (Å²) < 4.78 is 5.62. The highest BCUT2D eigenvalue weighted by molar-refractivity contribution is 6.42. The van der Waals surface area contributed by atoms with Gasteiger partial charge in [-0.25, -0.2) is 0 Å². The highest BCUT2D eigenvalue weighted by Crippen LogP contribution is 2.27. The van der Waals surface area contributed by atoms with E-state index in [-0.39, 0.29) is 0 Å². The van der Waals surface area contributed by atoms with E-state index in [9.17, 15) is 0 Å². The standard InChI is InChI=1S/C14H19Cl2NO/c1-2-14(17-9-11-4-3-7-18-11)10-5-6-12(15)13(16)8-10/h5-6,8,11,14,17H,2-4,7,9H2,1H3. The molecule has 0 bridgehead atoms. The molecule has 0 amide bonds. The number of hydrogen-bond donors (Lipinski definition) is 1. The van der Waals surface area contributed by atoms with Crippen molar-refractivity contribution in [2.75, 3.05) is 13.2 Å². The van der Waals surface area contributed by atoms with Crippen molar-refractivity contribution in [3.8, 4) is 0 Å². The molecule has 2 nitrogen and oxygen atoms in total. The molecule has 1 fully saturated rings. The molecule has 0 aromatic heterocycles. The van der Waals surface area contributed by atoms with Gasteiger partial charge in [0.2, 0.25) is 0 Å². The molecular weight excluding hydrogens is 269 g/mol. The lowest BCUT2D eigenvalue weighted by Gasteiger charge is -2.20. The lowest BCUT2D eigenvalue weighted by Crippen LogP contribution is -2.29. The van der Waals surface area contributed by atoms with Crippen molar-refractivity contribution in [1.82, 2.24) is 5.32 Å². The second-order valence-corrected chi connectivity index (χ2v) is 5.49. The first-order chi connectivity index (χ1) is 8.70. The summed E-state index contributed by atoms with van der Waals surface area (Å²) in [5, 5.41) is 4.77. The van der Waals surface area contributed by atoms with Gasteiger partial charge in [-0.2, -0.15) is 0 Å². The summed E-state index contributed by atoms with van der Waals surface area (Å²) >= 11 is 12.0. The lowest BCUT2D eigenvalue weighted by atomic mass is 10.0. The number of nitrogens with one attached hydrogen (secondary N) is 1. The Morgan fingerprint density at radius 3 is 2.83 bits per heavy atom. The van der Waals surface area contributed by atoms with Gasteiger partial charge in [0.15, 0.2) is 0 Å². The highest BCUT2D eigenvalue weighted by atomic mass is 35.5. The third-order valence-corrected chi connectivity index (χ3v) is 4.11. The maximum Gasteiger partial charge on any atom is 0.0700 e. The molecule has 2 unspecified atom stereocenters. The molecule has 100 valence electrons. The van der Waals surface area contributed by atoms with Gasteiger partial charge in [0.25, 0.3) is 0 Å². The molecule has 1 aliphatic rings. The van der Waals surface area contributed by atoms with Gasteiger partial charge in [-0.1, -0.05) is 36.2 Å². The van der Waals surface area contributed by atoms with Gasteiger partial charge in [0.05, 0.1) is 16.1 Å². The van der Waals surface area contributed by atoms with E-state index in [1.54, 1.807) is 0 Å². The third kappa shape index (κ3) is 3.61. The van der Waals surface area contributed by atoms with Crippen LogP contribution in [-0.4, -0.2) is 19.3 Å². The van der Waals surface area contributed by atoms with Gasteiger partial charge in [-0.15, -0.1) is 0 Å². The van der Waals surface area contributed by atoms with Crippen molar-refractivity contribution in [2.45, 2.75) is 38.3 Å². The minimum Gasteiger partial charge on any atom is -0.377 e. The summed E-state index contributed by atoms with van der Waals surface area (Å²) in [5.41, 5.74) is 1.19. The van der Waals surface area contributed by atoms with Crippen LogP contribution in [0.4, 0.5) is 0 Å². The topological polar surface area (TPSA) is 21.3 Å². The third-order valence-electron chi connectivity index (χ3n) is 3.37. The molecule has 4 heteroatoms. The van der Waals surface area contributed by atoms with Crippen LogP contribution in [0, 0.1) is 0 Å². The predicted molar refractivity (Wildman–Crippen MR) is 76.5 cm³/mol. The molecule has 0 radical (unpaired) electrons. The van der Waals surface area contributed by atoms with Crippen molar-refractivity contribution in [1.29, 1.82) is 0 Å². The Hall–Kier alpha value is -0.280. The van der Waals surface area contributed by atoms with E-state index in [2.05, 4.69) is 12.2 Å². The molecule has 1 aromatic rings. The number of rotatable bonds is 5. The summed E-state index contributed by atoms with van der Waals surface area (Å²) in [6.45, 7) is 3.96. The van der Waals surface area contributed by atoms with Gasteiger partial charge >= 0.3 is 0 Å². The zero-order valence-electron chi connectivity index (χ0n) is 10.6. The first kappa shape index (κ1) is 14.1. The van der Waals surface area contributed by atoms with Crippen LogP contribution in [0.1, 0.15) is 37.8 Å². The summed E-state index contributed by atoms with van der Waals surface area (Å²) in [7, 11) is 0. The van der Waals surface area contributed by atoms with Crippen LogP contribution in [0.3, 0.4) is 0 Å². The number of hydrogen-bond acceptors (Lipinski definition) is 2. The van der Waals surface area contributed by atoms with Crippen LogP contribution in [0.5, 0.6) is 0 Å². The Morgan fingerprint density at radius 1 is 1.39 bits per heavy atom. The Morgan fingerprint density at radius 2 is 2.22 bits per heavy atom. The molecule has 0 saturated carbocycles. The zero-order chi connectivity index (χ0) is 13.0. The monoisotopic (exact) mass is 287 g/mol. The molecule has 2 atom stereocenters. The van der Waals surface area contributed by atoms with E-state index in [0.29, 0.717) is 22.2 Å². The lowest BCUT2D eigenvalue weighted by molar-refractivity contribution is 0.107. The van der Waals surface area contributed by atoms with Crippen LogP contribution in [0.2, 0.25) is 10.0 Å². The molecule has 1 aliphatic heterocycles. The van der Waals surface area contributed by atoms with Crippen LogP contribution in [0.25, 0.3) is 0 Å². The summed E-state index contributed by atoms with van der Waals surface area (Å²) in [6.07, 6.45) is 3.72. The minimum absolute atomic E-state index is 0.309. The molecule has 1 N–H and O–H groups in total. The fourth-order valence-corrected chi connectivity index (χ4v) is 2.61. The second kappa shape index (κ2) is 6.76. The fraction of sp³-hybridized carbons (Fsp3) is 0.571. The Labute approximate surface area is 119 Å². The molecule has 0 aliphatic carbocycles. The van der Waals surface area contributed by atoms with Crippen LogP contribution in [0.15, 0.2) is 18.2 Å². The van der Waals surface area contributed by atoms with Crippen LogP contribution >= 0.6 is 23.2 Å². The van der Waals surface area contributed by atoms with E-state index in [0.717, 1.165) is 26.0 Å². The van der Waals surface area contributed by atoms with E-state index >= 15 is 0 Å². The summed E-state index contributed by atoms with van der Waals surface area (Å²) in [6, 6.07) is 6.14. The molecule has 18 heavy (non-hydrogen) atoms. The molecule has 1 heterocycles. The number of ether oxygens (including phenoxy) is 1. The zero-order valence-corrected chi connectivity index (χ0v) is 12.1. The molecular formula is C14H19Cl2NO. The highest BCUT2D eigenvalue weighted by Gasteiger charge is 2.17. The average molecular weight is 288 g/mol. The maximum absolute atomic E-state index is 6.06. The summed E-state index contributed by atoms with van der Waals surface area (Å²) in [5.74, 6) is 0. The average Bonchev–Trinajstić information content (AvgIpc) is 2.87. The molecule has 0 spiro atoms. The fourth-order valence-electron chi connectivity index (χ4n) is 2.31. The van der Waals surface area contributed by atoms with Crippen molar-refractivity contribution in [2.24, 2.45) is 0 Å². The van der Waals surface area contributed by atoms with E-state index in [1.165, 1.54) is 12.0 Å². The van der Waals surface area contributed by atoms with Gasteiger partial charge in [0, 0.05) is 19.2 Å². The quantitative estimate of drug-likeness (QED) is 0.876. The maximum atomic E-state index is 6.06. The minimum atomic E-state index is 0.309. The van der Waals surface area contributed by atoms with Gasteiger partial charge in [-0.3, -0.25) is 0 Å².